The second kappa shape index (κ2) is 7.29. The van der Waals surface area contributed by atoms with E-state index in [-0.39, 0.29) is 5.91 Å². The first-order valence-electron chi connectivity index (χ1n) is 8.76. The molecule has 4 nitrogen and oxygen atoms in total. The third-order valence-corrected chi connectivity index (χ3v) is 5.38. The Labute approximate surface area is 161 Å². The monoisotopic (exact) mass is 373 g/mol. The van der Waals surface area contributed by atoms with Crippen LogP contribution in [-0.4, -0.2) is 15.9 Å². The molecule has 0 atom stereocenters. The minimum Gasteiger partial charge on any atom is -0.346 e. The van der Waals surface area contributed by atoms with E-state index in [0.717, 1.165) is 32.7 Å². The summed E-state index contributed by atoms with van der Waals surface area (Å²) >= 11 is 1.68. The Bertz CT molecular complexity index is 1120. The fraction of sp³-hybridized carbons (Fsp3) is 0.136. The zero-order chi connectivity index (χ0) is 18.8. The van der Waals surface area contributed by atoms with E-state index in [9.17, 15) is 4.79 Å². The van der Waals surface area contributed by atoms with Crippen molar-refractivity contribution in [3.05, 3.63) is 82.5 Å². The molecule has 0 aliphatic carbocycles. The quantitative estimate of drug-likeness (QED) is 0.553. The minimum absolute atomic E-state index is 0.117. The smallest absolute Gasteiger partial charge is 0.252 e. The van der Waals surface area contributed by atoms with E-state index in [1.54, 1.807) is 17.5 Å². The Hall–Kier alpha value is -3.05. The molecule has 4 aromatic rings. The molecular formula is C22H19N3OS. The van der Waals surface area contributed by atoms with Gasteiger partial charge in [0.2, 0.25) is 0 Å². The van der Waals surface area contributed by atoms with E-state index in [0.29, 0.717) is 12.1 Å². The Kier molecular flexibility index (Phi) is 4.69. The van der Waals surface area contributed by atoms with Crippen molar-refractivity contribution in [3.8, 4) is 10.6 Å². The summed E-state index contributed by atoms with van der Waals surface area (Å²) in [5, 5.41) is 3.85. The summed E-state index contributed by atoms with van der Waals surface area (Å²) in [6.45, 7) is 4.48. The molecule has 27 heavy (non-hydrogen) atoms. The summed E-state index contributed by atoms with van der Waals surface area (Å²) in [5.74, 6) is -0.117. The number of fused-ring (bicyclic) bond motifs is 1. The maximum atomic E-state index is 13.0. The third-order valence-electron chi connectivity index (χ3n) is 4.36. The standard InChI is InChI=1S/C22H19N3OS/c1-14-6-8-19-17(11-14)18(12-20(25-19)21-9-7-15(2)27-21)22(26)24-13-16-5-3-4-10-23-16/h3-12H,13H2,1-2H3,(H,24,26). The molecule has 4 rings (SSSR count). The first-order chi connectivity index (χ1) is 13.1. The number of benzene rings is 1. The zero-order valence-electron chi connectivity index (χ0n) is 15.2. The van der Waals surface area contributed by atoms with Gasteiger partial charge in [0, 0.05) is 16.5 Å². The summed E-state index contributed by atoms with van der Waals surface area (Å²) in [6, 6.07) is 17.7. The first-order valence-corrected chi connectivity index (χ1v) is 9.58. The van der Waals surface area contributed by atoms with Crippen LogP contribution in [0.4, 0.5) is 0 Å². The maximum Gasteiger partial charge on any atom is 0.252 e. The SMILES string of the molecule is Cc1ccc2nc(-c3ccc(C)s3)cc(C(=O)NCc3ccccn3)c2c1. The van der Waals surface area contributed by atoms with Crippen molar-refractivity contribution in [2.75, 3.05) is 0 Å². The van der Waals surface area contributed by atoms with Crippen molar-refractivity contribution >= 4 is 28.1 Å². The molecule has 1 amide bonds. The molecule has 0 saturated heterocycles. The van der Waals surface area contributed by atoms with Crippen LogP contribution in [0.15, 0.2) is 60.8 Å². The largest absolute Gasteiger partial charge is 0.346 e. The summed E-state index contributed by atoms with van der Waals surface area (Å²) in [4.78, 5) is 24.3. The number of nitrogens with zero attached hydrogens (tertiary/aromatic N) is 2. The van der Waals surface area contributed by atoms with Crippen molar-refractivity contribution in [2.24, 2.45) is 0 Å². The van der Waals surface area contributed by atoms with E-state index in [1.165, 1.54) is 4.88 Å². The molecule has 1 N–H and O–H groups in total. The van der Waals surface area contributed by atoms with E-state index >= 15 is 0 Å². The summed E-state index contributed by atoms with van der Waals surface area (Å²) in [6.07, 6.45) is 1.73. The Morgan fingerprint density at radius 1 is 1.07 bits per heavy atom. The second-order valence-electron chi connectivity index (χ2n) is 6.49. The van der Waals surface area contributed by atoms with Crippen LogP contribution < -0.4 is 5.32 Å². The highest BCUT2D eigenvalue weighted by atomic mass is 32.1. The normalized spacial score (nSPS) is 10.9. The van der Waals surface area contributed by atoms with Crippen molar-refractivity contribution < 1.29 is 4.79 Å². The number of rotatable bonds is 4. The number of amides is 1. The van der Waals surface area contributed by atoms with Crippen LogP contribution in [0.3, 0.4) is 0 Å². The number of thiophene rings is 1. The van der Waals surface area contributed by atoms with Gasteiger partial charge >= 0.3 is 0 Å². The summed E-state index contributed by atoms with van der Waals surface area (Å²) in [7, 11) is 0. The predicted molar refractivity (Wildman–Crippen MR) is 110 cm³/mol. The molecule has 0 bridgehead atoms. The average Bonchev–Trinajstić information content (AvgIpc) is 3.12. The van der Waals surface area contributed by atoms with Crippen molar-refractivity contribution in [1.29, 1.82) is 0 Å². The molecule has 3 heterocycles. The first kappa shape index (κ1) is 17.4. The van der Waals surface area contributed by atoms with Gasteiger partial charge in [0.1, 0.15) is 0 Å². The van der Waals surface area contributed by atoms with Crippen LogP contribution in [-0.2, 0) is 6.54 Å². The molecule has 0 aliphatic heterocycles. The van der Waals surface area contributed by atoms with Gasteiger partial charge in [-0.15, -0.1) is 11.3 Å². The molecular weight excluding hydrogens is 354 g/mol. The van der Waals surface area contributed by atoms with Crippen LogP contribution >= 0.6 is 11.3 Å². The van der Waals surface area contributed by atoms with Crippen LogP contribution in [0.2, 0.25) is 0 Å². The van der Waals surface area contributed by atoms with Gasteiger partial charge in [-0.05, 0) is 56.3 Å². The topological polar surface area (TPSA) is 54.9 Å². The lowest BCUT2D eigenvalue weighted by atomic mass is 10.0. The predicted octanol–water partition coefficient (Wildman–Crippen LogP) is 4.91. The highest BCUT2D eigenvalue weighted by molar-refractivity contribution is 7.15. The number of hydrogen-bond donors (Lipinski definition) is 1. The highest BCUT2D eigenvalue weighted by Gasteiger charge is 2.15. The summed E-state index contributed by atoms with van der Waals surface area (Å²) < 4.78 is 0. The van der Waals surface area contributed by atoms with Crippen molar-refractivity contribution in [1.82, 2.24) is 15.3 Å². The number of hydrogen-bond acceptors (Lipinski definition) is 4. The molecule has 5 heteroatoms. The number of carbonyl (C=O) groups excluding carboxylic acids is 1. The molecule has 0 spiro atoms. The van der Waals surface area contributed by atoms with E-state index in [1.807, 2.05) is 49.4 Å². The number of carbonyl (C=O) groups is 1. The van der Waals surface area contributed by atoms with Gasteiger partial charge in [-0.25, -0.2) is 4.98 Å². The number of aryl methyl sites for hydroxylation is 2. The molecule has 0 radical (unpaired) electrons. The average molecular weight is 373 g/mol. The van der Waals surface area contributed by atoms with Gasteiger partial charge in [0.05, 0.1) is 33.9 Å². The molecule has 3 aromatic heterocycles. The van der Waals surface area contributed by atoms with Gasteiger partial charge in [0.15, 0.2) is 0 Å². The van der Waals surface area contributed by atoms with Gasteiger partial charge in [-0.3, -0.25) is 9.78 Å². The minimum atomic E-state index is -0.117. The van der Waals surface area contributed by atoms with Crippen molar-refractivity contribution in [2.45, 2.75) is 20.4 Å². The highest BCUT2D eigenvalue weighted by Crippen LogP contribution is 2.30. The number of nitrogens with one attached hydrogen (secondary N) is 1. The summed E-state index contributed by atoms with van der Waals surface area (Å²) in [5.41, 5.74) is 4.22. The fourth-order valence-corrected chi connectivity index (χ4v) is 3.82. The Morgan fingerprint density at radius 3 is 2.70 bits per heavy atom. The molecule has 0 fully saturated rings. The number of aromatic nitrogens is 2. The molecule has 1 aromatic carbocycles. The lowest BCUT2D eigenvalue weighted by Crippen LogP contribution is -2.23. The molecule has 134 valence electrons. The van der Waals surface area contributed by atoms with E-state index < -0.39 is 0 Å². The lowest BCUT2D eigenvalue weighted by Gasteiger charge is -2.10. The fourth-order valence-electron chi connectivity index (χ4n) is 2.99. The Balaban J connectivity index is 1.74. The molecule has 0 saturated carbocycles. The van der Waals surface area contributed by atoms with Crippen LogP contribution in [0.5, 0.6) is 0 Å². The van der Waals surface area contributed by atoms with Gasteiger partial charge < -0.3 is 5.32 Å². The van der Waals surface area contributed by atoms with Gasteiger partial charge in [0.25, 0.3) is 5.91 Å². The van der Waals surface area contributed by atoms with Crippen LogP contribution in [0, 0.1) is 13.8 Å². The van der Waals surface area contributed by atoms with Crippen LogP contribution in [0.25, 0.3) is 21.5 Å². The van der Waals surface area contributed by atoms with Crippen molar-refractivity contribution in [3.63, 3.8) is 0 Å². The van der Waals surface area contributed by atoms with E-state index in [4.69, 9.17) is 4.98 Å². The lowest BCUT2D eigenvalue weighted by molar-refractivity contribution is 0.0952. The maximum absolute atomic E-state index is 13.0. The second-order valence-corrected chi connectivity index (χ2v) is 7.78. The van der Waals surface area contributed by atoms with Gasteiger partial charge in [-0.2, -0.15) is 0 Å². The number of pyridine rings is 2. The molecule has 0 aliphatic rings. The molecule has 0 unspecified atom stereocenters. The zero-order valence-corrected chi connectivity index (χ0v) is 16.0. The van der Waals surface area contributed by atoms with E-state index in [2.05, 4.69) is 29.4 Å². The van der Waals surface area contributed by atoms with Crippen LogP contribution in [0.1, 0.15) is 26.5 Å². The third kappa shape index (κ3) is 3.73. The van der Waals surface area contributed by atoms with Gasteiger partial charge in [-0.1, -0.05) is 17.7 Å². The Morgan fingerprint density at radius 2 is 1.96 bits per heavy atom.